The first-order chi connectivity index (χ1) is 10.1. The lowest BCUT2D eigenvalue weighted by molar-refractivity contribution is 0.184. The maximum atomic E-state index is 5.26. The number of rotatable bonds is 6. The Morgan fingerprint density at radius 1 is 0.905 bits per heavy atom. The molecule has 0 saturated carbocycles. The van der Waals surface area contributed by atoms with Gasteiger partial charge in [0.2, 0.25) is 0 Å². The molecule has 112 valence electrons. The van der Waals surface area contributed by atoms with Crippen LogP contribution in [0, 0.1) is 20.8 Å². The van der Waals surface area contributed by atoms with Gasteiger partial charge in [0.1, 0.15) is 0 Å². The van der Waals surface area contributed by atoms with Crippen molar-refractivity contribution >= 4 is 0 Å². The summed E-state index contributed by atoms with van der Waals surface area (Å²) in [6, 6.07) is 12.9. The molecule has 0 saturated heterocycles. The second-order valence-electron chi connectivity index (χ2n) is 5.68. The van der Waals surface area contributed by atoms with Gasteiger partial charge in [0, 0.05) is 20.2 Å². The van der Waals surface area contributed by atoms with Gasteiger partial charge in [-0.3, -0.25) is 0 Å². The van der Waals surface area contributed by atoms with E-state index in [-0.39, 0.29) is 0 Å². The highest BCUT2D eigenvalue weighted by molar-refractivity contribution is 5.37. The molecule has 0 unspecified atom stereocenters. The fraction of sp³-hybridized carbons (Fsp3) is 0.368. The molecule has 0 aromatic heterocycles. The predicted octanol–water partition coefficient (Wildman–Crippen LogP) is 4.05. The Balaban J connectivity index is 2.02. The van der Waals surface area contributed by atoms with Gasteiger partial charge < -0.3 is 10.1 Å². The second kappa shape index (κ2) is 7.39. The zero-order valence-corrected chi connectivity index (χ0v) is 13.5. The monoisotopic (exact) mass is 283 g/mol. The van der Waals surface area contributed by atoms with Crippen LogP contribution in [-0.4, -0.2) is 7.11 Å². The fourth-order valence-corrected chi connectivity index (χ4v) is 2.84. The Hall–Kier alpha value is -1.64. The normalized spacial score (nSPS) is 10.9. The van der Waals surface area contributed by atoms with Gasteiger partial charge >= 0.3 is 0 Å². The molecular formula is C19H25NO. The summed E-state index contributed by atoms with van der Waals surface area (Å²) in [6.07, 6.45) is 0. The maximum absolute atomic E-state index is 5.26. The largest absolute Gasteiger partial charge is 0.380 e. The molecule has 2 aromatic rings. The standard InChI is InChI=1S/C19H25NO/c1-14-9-15(2)19(16(3)10-14)12-20-11-17-7-5-6-8-18(17)13-21-4/h5-10,20H,11-13H2,1-4H3. The zero-order chi connectivity index (χ0) is 15.2. The Kier molecular flexibility index (Phi) is 5.54. The van der Waals surface area contributed by atoms with Crippen molar-refractivity contribution in [1.29, 1.82) is 0 Å². The first kappa shape index (κ1) is 15.7. The number of nitrogens with one attached hydrogen (secondary N) is 1. The number of methoxy groups -OCH3 is 1. The summed E-state index contributed by atoms with van der Waals surface area (Å²) in [7, 11) is 1.74. The van der Waals surface area contributed by atoms with Crippen molar-refractivity contribution in [3.05, 3.63) is 69.8 Å². The van der Waals surface area contributed by atoms with Gasteiger partial charge in [-0.2, -0.15) is 0 Å². The highest BCUT2D eigenvalue weighted by atomic mass is 16.5. The van der Waals surface area contributed by atoms with Crippen LogP contribution in [0.25, 0.3) is 0 Å². The van der Waals surface area contributed by atoms with Gasteiger partial charge in [0.15, 0.2) is 0 Å². The lowest BCUT2D eigenvalue weighted by atomic mass is 9.99. The minimum absolute atomic E-state index is 0.667. The molecule has 0 atom stereocenters. The van der Waals surface area contributed by atoms with Crippen molar-refractivity contribution in [2.75, 3.05) is 7.11 Å². The first-order valence-electron chi connectivity index (χ1n) is 7.45. The molecule has 0 amide bonds. The summed E-state index contributed by atoms with van der Waals surface area (Å²) in [5, 5.41) is 3.56. The SMILES string of the molecule is COCc1ccccc1CNCc1c(C)cc(C)cc1C. The van der Waals surface area contributed by atoms with E-state index in [1.165, 1.54) is 33.4 Å². The molecule has 0 aliphatic carbocycles. The molecule has 2 nitrogen and oxygen atoms in total. The Bertz CT molecular complexity index is 581. The number of ether oxygens (including phenoxy) is 1. The third kappa shape index (κ3) is 4.16. The molecular weight excluding hydrogens is 258 g/mol. The number of aryl methyl sites for hydroxylation is 3. The van der Waals surface area contributed by atoms with E-state index in [1.807, 2.05) is 0 Å². The first-order valence-corrected chi connectivity index (χ1v) is 7.45. The van der Waals surface area contributed by atoms with Crippen LogP contribution in [0.15, 0.2) is 36.4 Å². The minimum Gasteiger partial charge on any atom is -0.380 e. The molecule has 0 aliphatic rings. The average molecular weight is 283 g/mol. The third-order valence-corrected chi connectivity index (χ3v) is 3.88. The topological polar surface area (TPSA) is 21.3 Å². The Morgan fingerprint density at radius 3 is 2.14 bits per heavy atom. The highest BCUT2D eigenvalue weighted by Crippen LogP contribution is 2.16. The van der Waals surface area contributed by atoms with Crippen molar-refractivity contribution < 1.29 is 4.74 Å². The smallest absolute Gasteiger partial charge is 0.0716 e. The van der Waals surface area contributed by atoms with Gasteiger partial charge in [-0.1, -0.05) is 42.0 Å². The van der Waals surface area contributed by atoms with Crippen molar-refractivity contribution in [3.8, 4) is 0 Å². The molecule has 21 heavy (non-hydrogen) atoms. The van der Waals surface area contributed by atoms with Gasteiger partial charge in [-0.05, 0) is 48.6 Å². The predicted molar refractivity (Wildman–Crippen MR) is 88.4 cm³/mol. The van der Waals surface area contributed by atoms with E-state index in [1.54, 1.807) is 7.11 Å². The quantitative estimate of drug-likeness (QED) is 0.863. The van der Waals surface area contributed by atoms with Gasteiger partial charge in [-0.15, -0.1) is 0 Å². The van der Waals surface area contributed by atoms with E-state index in [0.29, 0.717) is 6.61 Å². The van der Waals surface area contributed by atoms with Gasteiger partial charge in [-0.25, -0.2) is 0 Å². The summed E-state index contributed by atoms with van der Waals surface area (Å²) in [5.74, 6) is 0. The Morgan fingerprint density at radius 2 is 1.52 bits per heavy atom. The molecule has 2 heteroatoms. The zero-order valence-electron chi connectivity index (χ0n) is 13.5. The van der Waals surface area contributed by atoms with Crippen molar-refractivity contribution in [2.24, 2.45) is 0 Å². The molecule has 2 aromatic carbocycles. The summed E-state index contributed by atoms with van der Waals surface area (Å²) in [4.78, 5) is 0. The lowest BCUT2D eigenvalue weighted by Crippen LogP contribution is -2.16. The van der Waals surface area contributed by atoms with E-state index in [2.05, 4.69) is 62.5 Å². The van der Waals surface area contributed by atoms with E-state index < -0.39 is 0 Å². The number of hydrogen-bond donors (Lipinski definition) is 1. The van der Waals surface area contributed by atoms with Crippen LogP contribution in [0.4, 0.5) is 0 Å². The van der Waals surface area contributed by atoms with Crippen LogP contribution in [0.5, 0.6) is 0 Å². The van der Waals surface area contributed by atoms with Gasteiger partial charge in [0.05, 0.1) is 6.61 Å². The van der Waals surface area contributed by atoms with Crippen LogP contribution < -0.4 is 5.32 Å². The Labute approximate surface area is 128 Å². The summed E-state index contributed by atoms with van der Waals surface area (Å²) >= 11 is 0. The van der Waals surface area contributed by atoms with E-state index in [9.17, 15) is 0 Å². The lowest BCUT2D eigenvalue weighted by Gasteiger charge is -2.14. The van der Waals surface area contributed by atoms with Crippen LogP contribution in [0.3, 0.4) is 0 Å². The van der Waals surface area contributed by atoms with Crippen LogP contribution >= 0.6 is 0 Å². The molecule has 0 spiro atoms. The van der Waals surface area contributed by atoms with E-state index in [0.717, 1.165) is 13.1 Å². The van der Waals surface area contributed by atoms with E-state index in [4.69, 9.17) is 4.74 Å². The number of benzene rings is 2. The van der Waals surface area contributed by atoms with Crippen LogP contribution in [-0.2, 0) is 24.4 Å². The summed E-state index contributed by atoms with van der Waals surface area (Å²) in [5.41, 5.74) is 8.03. The van der Waals surface area contributed by atoms with E-state index >= 15 is 0 Å². The van der Waals surface area contributed by atoms with Crippen molar-refractivity contribution in [1.82, 2.24) is 5.32 Å². The molecule has 0 heterocycles. The molecule has 0 radical (unpaired) electrons. The molecule has 2 rings (SSSR count). The summed E-state index contributed by atoms with van der Waals surface area (Å²) in [6.45, 7) is 8.97. The highest BCUT2D eigenvalue weighted by Gasteiger charge is 2.05. The molecule has 0 bridgehead atoms. The maximum Gasteiger partial charge on any atom is 0.0716 e. The van der Waals surface area contributed by atoms with Crippen molar-refractivity contribution in [3.63, 3.8) is 0 Å². The fourth-order valence-electron chi connectivity index (χ4n) is 2.84. The average Bonchev–Trinajstić information content (AvgIpc) is 2.43. The summed E-state index contributed by atoms with van der Waals surface area (Å²) < 4.78 is 5.26. The second-order valence-corrected chi connectivity index (χ2v) is 5.68. The molecule has 1 N–H and O–H groups in total. The van der Waals surface area contributed by atoms with Gasteiger partial charge in [0.25, 0.3) is 0 Å². The minimum atomic E-state index is 0.667. The van der Waals surface area contributed by atoms with Crippen molar-refractivity contribution in [2.45, 2.75) is 40.5 Å². The molecule has 0 aliphatic heterocycles. The number of hydrogen-bond acceptors (Lipinski definition) is 2. The third-order valence-electron chi connectivity index (χ3n) is 3.88. The van der Waals surface area contributed by atoms with Crippen LogP contribution in [0.1, 0.15) is 33.4 Å². The molecule has 0 fully saturated rings. The van der Waals surface area contributed by atoms with Crippen LogP contribution in [0.2, 0.25) is 0 Å².